The number of nitrogens with one attached hydrogen (secondary N) is 1. The van der Waals surface area contributed by atoms with Crippen molar-refractivity contribution in [2.45, 2.75) is 20.8 Å². The van der Waals surface area contributed by atoms with E-state index in [0.717, 1.165) is 5.56 Å². The zero-order valence-corrected chi connectivity index (χ0v) is 9.87. The molecule has 0 unspecified atom stereocenters. The summed E-state index contributed by atoms with van der Waals surface area (Å²) in [5.41, 5.74) is 12.0. The molecule has 0 radical (unpaired) electrons. The molecule has 0 aromatic carbocycles. The highest BCUT2D eigenvalue weighted by Crippen LogP contribution is 2.21. The molecule has 0 aliphatic rings. The van der Waals surface area contributed by atoms with Crippen LogP contribution in [0.15, 0.2) is 12.3 Å². The fourth-order valence-corrected chi connectivity index (χ4v) is 1.10. The molecule has 0 spiro atoms. The number of pyridine rings is 1. The van der Waals surface area contributed by atoms with Gasteiger partial charge in [0.15, 0.2) is 0 Å². The van der Waals surface area contributed by atoms with Crippen molar-refractivity contribution in [3.05, 3.63) is 17.8 Å². The summed E-state index contributed by atoms with van der Waals surface area (Å²) in [5.74, 6) is 0.237. The van der Waals surface area contributed by atoms with E-state index in [2.05, 4.69) is 10.3 Å². The number of carbonyl (C=O) groups is 1. The van der Waals surface area contributed by atoms with Crippen LogP contribution in [0, 0.1) is 12.3 Å². The Kier molecular flexibility index (Phi) is 3.37. The van der Waals surface area contributed by atoms with Crippen LogP contribution in [0.4, 0.5) is 11.5 Å². The molecule has 1 aromatic heterocycles. The summed E-state index contributed by atoms with van der Waals surface area (Å²) >= 11 is 0. The van der Waals surface area contributed by atoms with Crippen LogP contribution in [0.2, 0.25) is 0 Å². The first-order chi connectivity index (χ1) is 7.34. The summed E-state index contributed by atoms with van der Waals surface area (Å²) < 4.78 is 0. The number of rotatable bonds is 4. The summed E-state index contributed by atoms with van der Waals surface area (Å²) in [4.78, 5) is 15.2. The van der Waals surface area contributed by atoms with Gasteiger partial charge in [-0.15, -0.1) is 0 Å². The van der Waals surface area contributed by atoms with Gasteiger partial charge < -0.3 is 16.8 Å². The molecule has 0 saturated carbocycles. The molecule has 0 atom stereocenters. The van der Waals surface area contributed by atoms with Crippen LogP contribution in [-0.4, -0.2) is 17.4 Å². The highest BCUT2D eigenvalue weighted by molar-refractivity contribution is 5.80. The Morgan fingerprint density at radius 2 is 2.19 bits per heavy atom. The first-order valence-corrected chi connectivity index (χ1v) is 5.09. The minimum absolute atomic E-state index is 0.355. The predicted octanol–water partition coefficient (Wildman–Crippen LogP) is 0.896. The number of anilines is 2. The maximum atomic E-state index is 11.1. The fourth-order valence-electron chi connectivity index (χ4n) is 1.10. The van der Waals surface area contributed by atoms with Gasteiger partial charge in [0, 0.05) is 12.7 Å². The van der Waals surface area contributed by atoms with Crippen LogP contribution in [0.1, 0.15) is 19.4 Å². The van der Waals surface area contributed by atoms with Crippen LogP contribution in [0.3, 0.4) is 0 Å². The van der Waals surface area contributed by atoms with Crippen molar-refractivity contribution in [2.24, 2.45) is 11.1 Å². The Balaban J connectivity index is 2.76. The van der Waals surface area contributed by atoms with E-state index in [0.29, 0.717) is 18.1 Å². The monoisotopic (exact) mass is 222 g/mol. The third kappa shape index (κ3) is 2.62. The third-order valence-electron chi connectivity index (χ3n) is 2.57. The normalized spacial score (nSPS) is 11.2. The third-order valence-corrected chi connectivity index (χ3v) is 2.57. The molecular formula is C11H18N4O. The van der Waals surface area contributed by atoms with Gasteiger partial charge in [-0.1, -0.05) is 0 Å². The molecule has 0 bridgehead atoms. The van der Waals surface area contributed by atoms with E-state index >= 15 is 0 Å². The summed E-state index contributed by atoms with van der Waals surface area (Å²) in [6.07, 6.45) is 1.67. The van der Waals surface area contributed by atoms with Crippen LogP contribution < -0.4 is 16.8 Å². The van der Waals surface area contributed by atoms with Gasteiger partial charge >= 0.3 is 0 Å². The van der Waals surface area contributed by atoms with Gasteiger partial charge in [-0.05, 0) is 32.4 Å². The molecule has 16 heavy (non-hydrogen) atoms. The Bertz CT molecular complexity index is 401. The smallest absolute Gasteiger partial charge is 0.224 e. The number of aromatic nitrogens is 1. The van der Waals surface area contributed by atoms with Crippen LogP contribution in [-0.2, 0) is 4.79 Å². The number of hydrogen-bond donors (Lipinski definition) is 3. The lowest BCUT2D eigenvalue weighted by molar-refractivity contribution is -0.125. The quantitative estimate of drug-likeness (QED) is 0.705. The van der Waals surface area contributed by atoms with Gasteiger partial charge in [0.2, 0.25) is 5.91 Å². The zero-order valence-electron chi connectivity index (χ0n) is 9.87. The molecular weight excluding hydrogens is 204 g/mol. The number of amides is 1. The number of aryl methyl sites for hydroxylation is 1. The van der Waals surface area contributed by atoms with E-state index in [1.807, 2.05) is 13.0 Å². The van der Waals surface area contributed by atoms with Crippen molar-refractivity contribution in [3.63, 3.8) is 0 Å². The van der Waals surface area contributed by atoms with Crippen LogP contribution in [0.25, 0.3) is 0 Å². The lowest BCUT2D eigenvalue weighted by Gasteiger charge is -2.21. The number of nitrogens with zero attached hydrogens (tertiary/aromatic N) is 1. The average Bonchev–Trinajstić information content (AvgIpc) is 2.20. The standard InChI is InChI=1S/C11H18N4O/c1-7-4-5-14-9(8(7)12)15-6-11(2,3)10(13)16/h4-5H,6,12H2,1-3H3,(H2,13,16)(H,14,15). The van der Waals surface area contributed by atoms with E-state index in [1.54, 1.807) is 20.0 Å². The molecule has 5 nitrogen and oxygen atoms in total. The van der Waals surface area contributed by atoms with Gasteiger partial charge in [0.1, 0.15) is 5.82 Å². The van der Waals surface area contributed by atoms with E-state index in [9.17, 15) is 4.79 Å². The number of hydrogen-bond acceptors (Lipinski definition) is 4. The molecule has 1 amide bonds. The highest BCUT2D eigenvalue weighted by Gasteiger charge is 2.24. The number of nitrogen functional groups attached to an aromatic ring is 1. The Hall–Kier alpha value is -1.78. The minimum atomic E-state index is -0.627. The largest absolute Gasteiger partial charge is 0.396 e. The minimum Gasteiger partial charge on any atom is -0.396 e. The highest BCUT2D eigenvalue weighted by atomic mass is 16.1. The molecule has 0 aliphatic heterocycles. The Morgan fingerprint density at radius 1 is 1.56 bits per heavy atom. The Labute approximate surface area is 95.2 Å². The second-order valence-corrected chi connectivity index (χ2v) is 4.49. The summed E-state index contributed by atoms with van der Waals surface area (Å²) in [6, 6.07) is 1.83. The molecule has 88 valence electrons. The van der Waals surface area contributed by atoms with E-state index < -0.39 is 5.41 Å². The van der Waals surface area contributed by atoms with Gasteiger partial charge in [0.05, 0.1) is 11.1 Å². The molecule has 0 fully saturated rings. The van der Waals surface area contributed by atoms with Crippen molar-refractivity contribution in [2.75, 3.05) is 17.6 Å². The molecule has 0 aliphatic carbocycles. The summed E-state index contributed by atoms with van der Waals surface area (Å²) in [5, 5.41) is 3.04. The van der Waals surface area contributed by atoms with Gasteiger partial charge in [-0.25, -0.2) is 4.98 Å². The second-order valence-electron chi connectivity index (χ2n) is 4.49. The molecule has 5 N–H and O–H groups in total. The Morgan fingerprint density at radius 3 is 2.75 bits per heavy atom. The number of carbonyl (C=O) groups excluding carboxylic acids is 1. The van der Waals surface area contributed by atoms with Gasteiger partial charge in [-0.2, -0.15) is 0 Å². The van der Waals surface area contributed by atoms with Crippen LogP contribution >= 0.6 is 0 Å². The lowest BCUT2D eigenvalue weighted by atomic mass is 9.93. The summed E-state index contributed by atoms with van der Waals surface area (Å²) in [6.45, 7) is 5.85. The second kappa shape index (κ2) is 4.38. The molecule has 0 saturated heterocycles. The van der Waals surface area contributed by atoms with Gasteiger partial charge in [0.25, 0.3) is 0 Å². The zero-order chi connectivity index (χ0) is 12.3. The molecule has 1 heterocycles. The van der Waals surface area contributed by atoms with Crippen molar-refractivity contribution < 1.29 is 4.79 Å². The topological polar surface area (TPSA) is 94.0 Å². The van der Waals surface area contributed by atoms with E-state index in [4.69, 9.17) is 11.5 Å². The molecule has 5 heteroatoms. The van der Waals surface area contributed by atoms with E-state index in [-0.39, 0.29) is 5.91 Å². The van der Waals surface area contributed by atoms with Crippen LogP contribution in [0.5, 0.6) is 0 Å². The van der Waals surface area contributed by atoms with Crippen molar-refractivity contribution >= 4 is 17.4 Å². The van der Waals surface area contributed by atoms with Gasteiger partial charge in [-0.3, -0.25) is 4.79 Å². The first kappa shape index (κ1) is 12.3. The fraction of sp³-hybridized carbons (Fsp3) is 0.455. The molecule has 1 rings (SSSR count). The predicted molar refractivity (Wildman–Crippen MR) is 64.9 cm³/mol. The average molecular weight is 222 g/mol. The van der Waals surface area contributed by atoms with E-state index in [1.165, 1.54) is 0 Å². The summed E-state index contributed by atoms with van der Waals surface area (Å²) in [7, 11) is 0. The van der Waals surface area contributed by atoms with Crippen molar-refractivity contribution in [1.82, 2.24) is 4.98 Å². The lowest BCUT2D eigenvalue weighted by Crippen LogP contribution is -2.37. The first-order valence-electron chi connectivity index (χ1n) is 5.09. The number of nitrogens with two attached hydrogens (primary N) is 2. The molecule has 1 aromatic rings. The van der Waals surface area contributed by atoms with Crippen molar-refractivity contribution in [1.29, 1.82) is 0 Å². The number of primary amides is 1. The SMILES string of the molecule is Cc1ccnc(NCC(C)(C)C(N)=O)c1N. The maximum Gasteiger partial charge on any atom is 0.224 e. The maximum absolute atomic E-state index is 11.1. The van der Waals surface area contributed by atoms with Crippen molar-refractivity contribution in [3.8, 4) is 0 Å².